The number of nitrogens with one attached hydrogen (secondary N) is 1. The Bertz CT molecular complexity index is 340. The molecular weight excluding hydrogens is 208 g/mol. The Morgan fingerprint density at radius 3 is 2.88 bits per heavy atom. The van der Waals surface area contributed by atoms with Crippen molar-refractivity contribution in [1.82, 2.24) is 15.3 Å². The van der Waals surface area contributed by atoms with Gasteiger partial charge in [0.05, 0.1) is 6.54 Å². The summed E-state index contributed by atoms with van der Waals surface area (Å²) in [5, 5.41) is 5.58. The molecule has 2 rings (SSSR count). The van der Waals surface area contributed by atoms with E-state index in [1.165, 1.54) is 10.0 Å². The lowest BCUT2D eigenvalue weighted by Crippen LogP contribution is -2.47. The number of hydrogen-bond acceptors (Lipinski definition) is 3. The minimum absolute atomic E-state index is 0.00116. The number of carbonyl (C=O) groups is 2. The van der Waals surface area contributed by atoms with E-state index in [0.29, 0.717) is 31.9 Å². The van der Waals surface area contributed by atoms with Crippen molar-refractivity contribution in [2.24, 2.45) is 4.99 Å². The van der Waals surface area contributed by atoms with E-state index < -0.39 is 0 Å². The number of hydrazine groups is 1. The molecule has 0 saturated carbocycles. The minimum atomic E-state index is -0.245. The lowest BCUT2D eigenvalue weighted by Gasteiger charge is -2.26. The van der Waals surface area contributed by atoms with Crippen LogP contribution in [0, 0.1) is 0 Å². The van der Waals surface area contributed by atoms with E-state index in [4.69, 9.17) is 0 Å². The van der Waals surface area contributed by atoms with Gasteiger partial charge in [-0.1, -0.05) is 6.92 Å². The average molecular weight is 224 g/mol. The highest BCUT2D eigenvalue weighted by atomic mass is 16.2. The summed E-state index contributed by atoms with van der Waals surface area (Å²) in [6.07, 6.45) is 2.26. The van der Waals surface area contributed by atoms with Crippen molar-refractivity contribution in [2.75, 3.05) is 19.6 Å². The molecule has 0 radical (unpaired) electrons. The van der Waals surface area contributed by atoms with Crippen LogP contribution in [0.15, 0.2) is 4.99 Å². The summed E-state index contributed by atoms with van der Waals surface area (Å²) in [6, 6.07) is -0.245. The topological polar surface area (TPSA) is 65.0 Å². The van der Waals surface area contributed by atoms with Gasteiger partial charge in [0.15, 0.2) is 0 Å². The van der Waals surface area contributed by atoms with Gasteiger partial charge in [-0.3, -0.25) is 9.79 Å². The van der Waals surface area contributed by atoms with E-state index in [9.17, 15) is 9.59 Å². The molecule has 2 aliphatic heterocycles. The zero-order chi connectivity index (χ0) is 11.5. The first-order chi connectivity index (χ1) is 7.74. The van der Waals surface area contributed by atoms with E-state index in [0.717, 1.165) is 12.8 Å². The third-order valence-electron chi connectivity index (χ3n) is 2.64. The lowest BCUT2D eigenvalue weighted by atomic mass is 10.4. The highest BCUT2D eigenvalue weighted by Gasteiger charge is 2.36. The van der Waals surface area contributed by atoms with Crippen molar-refractivity contribution in [1.29, 1.82) is 0 Å². The molecule has 2 heterocycles. The van der Waals surface area contributed by atoms with Gasteiger partial charge in [0, 0.05) is 19.5 Å². The second kappa shape index (κ2) is 4.51. The highest BCUT2D eigenvalue weighted by Crippen LogP contribution is 2.16. The van der Waals surface area contributed by atoms with Crippen LogP contribution in [0.1, 0.15) is 26.2 Å². The highest BCUT2D eigenvalue weighted by molar-refractivity contribution is 6.06. The summed E-state index contributed by atoms with van der Waals surface area (Å²) >= 11 is 0. The summed E-state index contributed by atoms with van der Waals surface area (Å²) in [4.78, 5) is 27.5. The van der Waals surface area contributed by atoms with Crippen LogP contribution in [0.2, 0.25) is 0 Å². The molecule has 2 aliphatic rings. The first-order valence-electron chi connectivity index (χ1n) is 5.65. The number of amidine groups is 1. The van der Waals surface area contributed by atoms with Crippen LogP contribution in [0.25, 0.3) is 0 Å². The van der Waals surface area contributed by atoms with E-state index in [-0.39, 0.29) is 11.9 Å². The first-order valence-corrected chi connectivity index (χ1v) is 5.65. The maximum atomic E-state index is 11.6. The Balaban J connectivity index is 2.15. The van der Waals surface area contributed by atoms with Gasteiger partial charge in [0.1, 0.15) is 5.84 Å². The van der Waals surface area contributed by atoms with Crippen molar-refractivity contribution in [3.05, 3.63) is 0 Å². The largest absolute Gasteiger partial charge is 0.342 e. The molecule has 16 heavy (non-hydrogen) atoms. The molecule has 6 nitrogen and oxygen atoms in total. The van der Waals surface area contributed by atoms with Crippen LogP contribution in [0.5, 0.6) is 0 Å². The van der Waals surface area contributed by atoms with Crippen molar-refractivity contribution in [2.45, 2.75) is 26.2 Å². The van der Waals surface area contributed by atoms with Gasteiger partial charge < -0.3 is 5.32 Å². The molecule has 6 heteroatoms. The number of carbonyl (C=O) groups excluding carboxylic acids is 2. The molecule has 0 aromatic rings. The molecule has 0 atom stereocenters. The smallest absolute Gasteiger partial charge is 0.329 e. The summed E-state index contributed by atoms with van der Waals surface area (Å²) in [5.41, 5.74) is 0. The van der Waals surface area contributed by atoms with Gasteiger partial charge in [-0.2, -0.15) is 5.01 Å². The van der Waals surface area contributed by atoms with Crippen LogP contribution >= 0.6 is 0 Å². The van der Waals surface area contributed by atoms with Gasteiger partial charge in [0.25, 0.3) is 0 Å². The van der Waals surface area contributed by atoms with Gasteiger partial charge in [-0.15, -0.1) is 0 Å². The molecule has 0 aromatic heterocycles. The lowest BCUT2D eigenvalue weighted by molar-refractivity contribution is -0.134. The van der Waals surface area contributed by atoms with Gasteiger partial charge >= 0.3 is 6.03 Å². The first kappa shape index (κ1) is 10.9. The van der Waals surface area contributed by atoms with Crippen molar-refractivity contribution < 1.29 is 9.59 Å². The molecule has 3 amide bonds. The van der Waals surface area contributed by atoms with Crippen LogP contribution in [0.4, 0.5) is 4.79 Å². The second-order valence-corrected chi connectivity index (χ2v) is 3.89. The Hall–Kier alpha value is -1.59. The van der Waals surface area contributed by atoms with Gasteiger partial charge in [-0.05, 0) is 12.8 Å². The van der Waals surface area contributed by atoms with E-state index in [1.807, 2.05) is 6.92 Å². The Kier molecular flexibility index (Phi) is 3.07. The third kappa shape index (κ3) is 1.87. The van der Waals surface area contributed by atoms with Crippen LogP contribution < -0.4 is 5.32 Å². The molecule has 88 valence electrons. The SMILES string of the molecule is CCCN=C1CNC(=O)N1N1CCCC1=O. The summed E-state index contributed by atoms with van der Waals surface area (Å²) in [5.74, 6) is 0.656. The average Bonchev–Trinajstić information content (AvgIpc) is 2.82. The predicted octanol–water partition coefficient (Wildman–Crippen LogP) is 0.357. The number of hydrogen-bond donors (Lipinski definition) is 1. The quantitative estimate of drug-likeness (QED) is 0.752. The van der Waals surface area contributed by atoms with E-state index in [1.54, 1.807) is 0 Å². The fraction of sp³-hybridized carbons (Fsp3) is 0.700. The standard InChI is InChI=1S/C10H16N4O2/c1-2-5-11-8-7-12-10(16)14(8)13-6-3-4-9(13)15/h2-7H2,1H3,(H,12,16). The van der Waals surface area contributed by atoms with Crippen LogP contribution in [-0.4, -0.2) is 47.4 Å². The van der Waals surface area contributed by atoms with Gasteiger partial charge in [0.2, 0.25) is 5.91 Å². The molecule has 2 fully saturated rings. The zero-order valence-corrected chi connectivity index (χ0v) is 9.40. The van der Waals surface area contributed by atoms with E-state index in [2.05, 4.69) is 10.3 Å². The Morgan fingerprint density at radius 2 is 2.25 bits per heavy atom. The van der Waals surface area contributed by atoms with Crippen molar-refractivity contribution >= 4 is 17.8 Å². The van der Waals surface area contributed by atoms with Crippen LogP contribution in [-0.2, 0) is 4.79 Å². The Morgan fingerprint density at radius 1 is 1.44 bits per heavy atom. The van der Waals surface area contributed by atoms with E-state index >= 15 is 0 Å². The van der Waals surface area contributed by atoms with Crippen molar-refractivity contribution in [3.8, 4) is 0 Å². The number of rotatable bonds is 3. The maximum absolute atomic E-state index is 11.6. The molecule has 0 unspecified atom stereocenters. The fourth-order valence-electron chi connectivity index (χ4n) is 1.88. The molecule has 0 bridgehead atoms. The molecule has 0 aromatic carbocycles. The summed E-state index contributed by atoms with van der Waals surface area (Å²) in [7, 11) is 0. The van der Waals surface area contributed by atoms with Crippen LogP contribution in [0.3, 0.4) is 0 Å². The number of amides is 3. The summed E-state index contributed by atoms with van der Waals surface area (Å²) < 4.78 is 0. The molecule has 0 aliphatic carbocycles. The Labute approximate surface area is 94.3 Å². The maximum Gasteiger partial charge on any atom is 0.342 e. The molecule has 2 saturated heterocycles. The predicted molar refractivity (Wildman–Crippen MR) is 58.8 cm³/mol. The normalized spacial score (nSPS) is 23.4. The third-order valence-corrected chi connectivity index (χ3v) is 2.64. The molecular formula is C10H16N4O2. The number of nitrogens with zero attached hydrogens (tertiary/aromatic N) is 3. The minimum Gasteiger partial charge on any atom is -0.329 e. The fourth-order valence-corrected chi connectivity index (χ4v) is 1.88. The molecule has 0 spiro atoms. The zero-order valence-electron chi connectivity index (χ0n) is 9.40. The summed E-state index contributed by atoms with van der Waals surface area (Å²) in [6.45, 7) is 3.74. The second-order valence-electron chi connectivity index (χ2n) is 3.89. The molecule has 1 N–H and O–H groups in total. The number of aliphatic imine (C=N–C) groups is 1. The van der Waals surface area contributed by atoms with Crippen molar-refractivity contribution in [3.63, 3.8) is 0 Å². The monoisotopic (exact) mass is 224 g/mol. The van der Waals surface area contributed by atoms with Gasteiger partial charge in [-0.25, -0.2) is 9.80 Å². The number of urea groups is 1.